The molecule has 1 N–H and O–H groups in total. The fourth-order valence-corrected chi connectivity index (χ4v) is 5.32. The summed E-state index contributed by atoms with van der Waals surface area (Å²) in [5, 5.41) is 15.9. The van der Waals surface area contributed by atoms with Gasteiger partial charge in [-0.2, -0.15) is 4.98 Å². The summed E-state index contributed by atoms with van der Waals surface area (Å²) in [6, 6.07) is 19.3. The molecule has 2 aromatic carbocycles. The molecule has 4 rings (SSSR count). The molecule has 1 unspecified atom stereocenters. The molecule has 3 atom stereocenters. The first-order valence-corrected chi connectivity index (χ1v) is 15.1. The van der Waals surface area contributed by atoms with Crippen LogP contribution >= 0.6 is 0 Å². The van der Waals surface area contributed by atoms with Crippen LogP contribution in [0.1, 0.15) is 57.2 Å². The molecule has 2 heterocycles. The molecule has 1 aliphatic heterocycles. The van der Waals surface area contributed by atoms with Gasteiger partial charge in [-0.25, -0.2) is 0 Å². The highest BCUT2D eigenvalue weighted by Gasteiger charge is 2.42. The molecular formula is C27H37N3O3Si. The molecule has 1 fully saturated rings. The van der Waals surface area contributed by atoms with Crippen molar-refractivity contribution >= 4 is 8.32 Å². The lowest BCUT2D eigenvalue weighted by Gasteiger charge is -2.39. The Balaban J connectivity index is 1.64. The van der Waals surface area contributed by atoms with Crippen molar-refractivity contribution in [3.63, 3.8) is 0 Å². The summed E-state index contributed by atoms with van der Waals surface area (Å²) in [7, 11) is -1.89. The minimum absolute atomic E-state index is 0.149. The standard InChI is InChI=1S/C27H37N3O3Si/c1-27(2,3)34(4,5)32-19-22-17-12-18-30(22)23(24(31)20-13-8-6-9-14-20)26-28-25(29-33-26)21-15-10-7-11-16-21/h6-11,13-16,22-24,31H,12,17-19H2,1-5H3/t22-,23+,24?/m0/s1. The van der Waals surface area contributed by atoms with Gasteiger partial charge in [-0.05, 0) is 43.1 Å². The normalized spacial score (nSPS) is 19.3. The number of aromatic nitrogens is 2. The molecule has 0 amide bonds. The first-order chi connectivity index (χ1) is 16.2. The maximum atomic E-state index is 11.5. The topological polar surface area (TPSA) is 71.6 Å². The van der Waals surface area contributed by atoms with Crippen LogP contribution in [0.2, 0.25) is 18.1 Å². The van der Waals surface area contributed by atoms with Crippen LogP contribution in [0.3, 0.4) is 0 Å². The second kappa shape index (κ2) is 10.1. The van der Waals surface area contributed by atoms with Gasteiger partial charge >= 0.3 is 0 Å². The third kappa shape index (κ3) is 5.33. The van der Waals surface area contributed by atoms with Gasteiger partial charge in [0.05, 0.1) is 0 Å². The molecule has 3 aromatic rings. The smallest absolute Gasteiger partial charge is 0.247 e. The summed E-state index contributed by atoms with van der Waals surface area (Å²) in [6.45, 7) is 12.8. The highest BCUT2D eigenvalue weighted by atomic mass is 28.4. The van der Waals surface area contributed by atoms with Crippen molar-refractivity contribution in [1.82, 2.24) is 15.0 Å². The van der Waals surface area contributed by atoms with Crippen molar-refractivity contribution in [2.75, 3.05) is 13.2 Å². The van der Waals surface area contributed by atoms with Crippen LogP contribution in [0, 0.1) is 0 Å². The van der Waals surface area contributed by atoms with Crippen molar-refractivity contribution in [1.29, 1.82) is 0 Å². The largest absolute Gasteiger partial charge is 0.415 e. The molecule has 34 heavy (non-hydrogen) atoms. The van der Waals surface area contributed by atoms with E-state index in [1.54, 1.807) is 0 Å². The Morgan fingerprint density at radius 3 is 2.38 bits per heavy atom. The predicted molar refractivity (Wildman–Crippen MR) is 137 cm³/mol. The summed E-state index contributed by atoms with van der Waals surface area (Å²) in [5.74, 6) is 0.976. The molecule has 0 saturated carbocycles. The summed E-state index contributed by atoms with van der Waals surface area (Å²) < 4.78 is 12.4. The van der Waals surface area contributed by atoms with Crippen molar-refractivity contribution in [3.05, 3.63) is 72.1 Å². The molecule has 1 saturated heterocycles. The lowest BCUT2D eigenvalue weighted by molar-refractivity contribution is 0.0104. The van der Waals surface area contributed by atoms with Crippen molar-refractivity contribution in [2.24, 2.45) is 0 Å². The molecule has 6 nitrogen and oxygen atoms in total. The SMILES string of the molecule is CC(C)(C)[Si](C)(C)OC[C@@H]1CCCN1[C@@H](c1nc(-c2ccccc2)no1)C(O)c1ccccc1. The number of aliphatic hydroxyl groups is 1. The first kappa shape index (κ1) is 24.8. The lowest BCUT2D eigenvalue weighted by atomic mass is 10.00. The zero-order valence-electron chi connectivity index (χ0n) is 20.9. The van der Waals surface area contributed by atoms with Crippen LogP contribution < -0.4 is 0 Å². The summed E-state index contributed by atoms with van der Waals surface area (Å²) in [6.07, 6.45) is 1.27. The zero-order chi connectivity index (χ0) is 24.3. The van der Waals surface area contributed by atoms with Crippen LogP contribution in [0.5, 0.6) is 0 Å². The Kier molecular flexibility index (Phi) is 7.38. The Morgan fingerprint density at radius 2 is 1.74 bits per heavy atom. The van der Waals surface area contributed by atoms with Crippen LogP contribution in [0.25, 0.3) is 11.4 Å². The molecule has 0 spiro atoms. The minimum Gasteiger partial charge on any atom is -0.415 e. The molecular weight excluding hydrogens is 442 g/mol. The van der Waals surface area contributed by atoms with E-state index in [-0.39, 0.29) is 11.1 Å². The van der Waals surface area contributed by atoms with Gasteiger partial charge in [-0.1, -0.05) is 86.6 Å². The van der Waals surface area contributed by atoms with Gasteiger partial charge in [-0.3, -0.25) is 4.90 Å². The number of benzene rings is 2. The second-order valence-electron chi connectivity index (χ2n) is 10.7. The highest BCUT2D eigenvalue weighted by molar-refractivity contribution is 6.74. The first-order valence-electron chi connectivity index (χ1n) is 12.2. The van der Waals surface area contributed by atoms with E-state index in [0.29, 0.717) is 18.3 Å². The van der Waals surface area contributed by atoms with Gasteiger partial charge in [0.15, 0.2) is 8.32 Å². The number of hydrogen-bond acceptors (Lipinski definition) is 6. The van der Waals surface area contributed by atoms with Gasteiger partial charge in [0, 0.05) is 18.2 Å². The summed E-state index contributed by atoms with van der Waals surface area (Å²) in [4.78, 5) is 7.06. The Labute approximate surface area is 204 Å². The summed E-state index contributed by atoms with van der Waals surface area (Å²) >= 11 is 0. The average molecular weight is 480 g/mol. The third-order valence-electron chi connectivity index (χ3n) is 7.39. The van der Waals surface area contributed by atoms with Crippen LogP contribution in [-0.4, -0.2) is 47.7 Å². The fourth-order valence-electron chi connectivity index (χ4n) is 4.27. The van der Waals surface area contributed by atoms with E-state index in [2.05, 4.69) is 43.9 Å². The maximum Gasteiger partial charge on any atom is 0.247 e. The van der Waals surface area contributed by atoms with E-state index >= 15 is 0 Å². The lowest BCUT2D eigenvalue weighted by Crippen LogP contribution is -2.46. The van der Waals surface area contributed by atoms with E-state index < -0.39 is 20.5 Å². The average Bonchev–Trinajstić information content (AvgIpc) is 3.49. The summed E-state index contributed by atoms with van der Waals surface area (Å²) in [5.41, 5.74) is 1.73. The van der Waals surface area contributed by atoms with Gasteiger partial charge in [-0.15, -0.1) is 0 Å². The van der Waals surface area contributed by atoms with Crippen LogP contribution in [0.4, 0.5) is 0 Å². The van der Waals surface area contributed by atoms with Gasteiger partial charge in [0.1, 0.15) is 12.1 Å². The molecule has 1 aromatic heterocycles. The number of rotatable bonds is 8. The van der Waals surface area contributed by atoms with E-state index in [0.717, 1.165) is 30.5 Å². The monoisotopic (exact) mass is 479 g/mol. The van der Waals surface area contributed by atoms with Crippen LogP contribution in [0.15, 0.2) is 65.2 Å². The molecule has 7 heteroatoms. The molecule has 0 radical (unpaired) electrons. The Morgan fingerprint density at radius 1 is 1.09 bits per heavy atom. The van der Waals surface area contributed by atoms with E-state index in [4.69, 9.17) is 13.9 Å². The highest BCUT2D eigenvalue weighted by Crippen LogP contribution is 2.40. The molecule has 1 aliphatic rings. The predicted octanol–water partition coefficient (Wildman–Crippen LogP) is 6.00. The van der Waals surface area contributed by atoms with Gasteiger partial charge in [0.25, 0.3) is 0 Å². The molecule has 0 bridgehead atoms. The quantitative estimate of drug-likeness (QED) is 0.400. The van der Waals surface area contributed by atoms with E-state index in [1.807, 2.05) is 60.7 Å². The van der Waals surface area contributed by atoms with Gasteiger partial charge in [0.2, 0.25) is 11.7 Å². The number of likely N-dealkylation sites (tertiary alicyclic amines) is 1. The van der Waals surface area contributed by atoms with Crippen molar-refractivity contribution in [3.8, 4) is 11.4 Å². The Hall–Kier alpha value is -2.32. The fraction of sp³-hybridized carbons (Fsp3) is 0.481. The number of aliphatic hydroxyl groups excluding tert-OH is 1. The second-order valence-corrected chi connectivity index (χ2v) is 15.5. The Bertz CT molecular complexity index is 1050. The van der Waals surface area contributed by atoms with E-state index in [9.17, 15) is 5.11 Å². The number of hydrogen-bond donors (Lipinski definition) is 1. The van der Waals surface area contributed by atoms with Crippen molar-refractivity contribution in [2.45, 2.75) is 69.9 Å². The number of nitrogens with zero attached hydrogens (tertiary/aromatic N) is 3. The zero-order valence-corrected chi connectivity index (χ0v) is 21.9. The molecule has 182 valence electrons. The molecule has 0 aliphatic carbocycles. The van der Waals surface area contributed by atoms with Crippen molar-refractivity contribution < 1.29 is 14.1 Å². The third-order valence-corrected chi connectivity index (χ3v) is 11.9. The van der Waals surface area contributed by atoms with Crippen LogP contribution in [-0.2, 0) is 4.43 Å². The van der Waals surface area contributed by atoms with Gasteiger partial charge < -0.3 is 14.1 Å². The maximum absolute atomic E-state index is 11.5. The van der Waals surface area contributed by atoms with E-state index in [1.165, 1.54) is 0 Å². The minimum atomic E-state index is -1.89.